The second-order valence-electron chi connectivity index (χ2n) is 7.92. The normalized spacial score (nSPS) is 11.1. The molecule has 3 N–H and O–H groups in total. The zero-order valence-corrected chi connectivity index (χ0v) is 21.9. The van der Waals surface area contributed by atoms with Crippen molar-refractivity contribution in [1.82, 2.24) is 0 Å². The molecular weight excluding hydrogens is 544 g/mol. The first-order valence-electron chi connectivity index (χ1n) is 10.7. The van der Waals surface area contributed by atoms with Gasteiger partial charge in [-0.1, -0.05) is 42.3 Å². The summed E-state index contributed by atoms with van der Waals surface area (Å²) in [6.07, 6.45) is -0.452. The summed E-state index contributed by atoms with van der Waals surface area (Å²) in [6.45, 7) is 3.15. The van der Waals surface area contributed by atoms with E-state index in [1.807, 2.05) is 6.07 Å². The van der Waals surface area contributed by atoms with Gasteiger partial charge >= 0.3 is 0 Å². The van der Waals surface area contributed by atoms with E-state index in [1.165, 1.54) is 36.4 Å². The predicted molar refractivity (Wildman–Crippen MR) is 137 cm³/mol. The van der Waals surface area contributed by atoms with E-state index in [1.54, 1.807) is 19.9 Å². The number of nitriles is 1. The van der Waals surface area contributed by atoms with Crippen LogP contribution >= 0.6 is 23.2 Å². The molecule has 0 unspecified atom stereocenters. The van der Waals surface area contributed by atoms with Crippen molar-refractivity contribution in [3.63, 3.8) is 0 Å². The van der Waals surface area contributed by atoms with E-state index in [0.717, 1.165) is 0 Å². The molecule has 0 spiro atoms. The molecule has 0 atom stereocenters. The SMILES string of the molecule is CCC(=O)c1ccc(NC(=O)Cc2ccc(C)c(Oc3cc(Cl)cc(C#N)c3)c2F)c(Cl)c1S(N)(=O)=O. The van der Waals surface area contributed by atoms with Crippen LogP contribution in [-0.4, -0.2) is 20.1 Å². The van der Waals surface area contributed by atoms with Gasteiger partial charge in [-0.25, -0.2) is 17.9 Å². The van der Waals surface area contributed by atoms with E-state index in [-0.39, 0.29) is 45.3 Å². The molecule has 3 aromatic rings. The summed E-state index contributed by atoms with van der Waals surface area (Å²) in [5, 5.41) is 16.6. The predicted octanol–water partition coefficient (Wildman–Crippen LogP) is 5.53. The zero-order valence-electron chi connectivity index (χ0n) is 19.6. The van der Waals surface area contributed by atoms with Crippen molar-refractivity contribution in [2.45, 2.75) is 31.6 Å². The fraction of sp³-hybridized carbons (Fsp3) is 0.160. The zero-order chi connectivity index (χ0) is 27.5. The molecule has 0 bridgehead atoms. The Hall–Kier alpha value is -3.49. The Labute approximate surface area is 222 Å². The highest BCUT2D eigenvalue weighted by atomic mass is 35.5. The van der Waals surface area contributed by atoms with Crippen molar-refractivity contribution < 1.29 is 27.1 Å². The van der Waals surface area contributed by atoms with Crippen LogP contribution in [-0.2, 0) is 21.2 Å². The van der Waals surface area contributed by atoms with Gasteiger partial charge in [0.2, 0.25) is 15.9 Å². The number of hydrogen-bond acceptors (Lipinski definition) is 6. The Bertz CT molecular complexity index is 1570. The number of ether oxygens (including phenoxy) is 1. The number of aryl methyl sites for hydroxylation is 1. The second-order valence-corrected chi connectivity index (χ2v) is 10.2. The monoisotopic (exact) mass is 563 g/mol. The Morgan fingerprint density at radius 2 is 1.86 bits per heavy atom. The van der Waals surface area contributed by atoms with Crippen molar-refractivity contribution in [1.29, 1.82) is 5.26 Å². The molecule has 0 aromatic heterocycles. The third-order valence-corrected chi connectivity index (χ3v) is 6.94. The minimum Gasteiger partial charge on any atom is -0.454 e. The lowest BCUT2D eigenvalue weighted by Crippen LogP contribution is -2.20. The van der Waals surface area contributed by atoms with E-state index in [4.69, 9.17) is 38.3 Å². The molecule has 0 aliphatic carbocycles. The quantitative estimate of drug-likeness (QED) is 0.345. The van der Waals surface area contributed by atoms with E-state index >= 15 is 4.39 Å². The molecule has 0 saturated heterocycles. The number of ketones is 1. The molecule has 12 heteroatoms. The number of halogens is 3. The first kappa shape index (κ1) is 28.1. The van der Waals surface area contributed by atoms with E-state index in [9.17, 15) is 18.0 Å². The molecule has 192 valence electrons. The lowest BCUT2D eigenvalue weighted by molar-refractivity contribution is -0.115. The highest BCUT2D eigenvalue weighted by molar-refractivity contribution is 7.89. The van der Waals surface area contributed by atoms with Gasteiger partial charge < -0.3 is 10.1 Å². The first-order chi connectivity index (χ1) is 17.3. The summed E-state index contributed by atoms with van der Waals surface area (Å²) in [5.74, 6) is -2.06. The second kappa shape index (κ2) is 11.3. The van der Waals surface area contributed by atoms with Crippen LogP contribution in [0.15, 0.2) is 47.4 Å². The molecule has 0 fully saturated rings. The average molecular weight is 564 g/mol. The number of primary sulfonamides is 1. The number of benzene rings is 3. The minimum absolute atomic E-state index is 0.00860. The van der Waals surface area contributed by atoms with Gasteiger partial charge in [0.25, 0.3) is 0 Å². The van der Waals surface area contributed by atoms with Gasteiger partial charge in [-0.15, -0.1) is 0 Å². The number of amides is 1. The Morgan fingerprint density at radius 1 is 1.16 bits per heavy atom. The maximum absolute atomic E-state index is 15.3. The lowest BCUT2D eigenvalue weighted by Gasteiger charge is -2.15. The van der Waals surface area contributed by atoms with Crippen LogP contribution in [0.25, 0.3) is 0 Å². The molecular formula is C25H20Cl2FN3O5S. The summed E-state index contributed by atoms with van der Waals surface area (Å²) in [5.41, 5.74) is 0.312. The van der Waals surface area contributed by atoms with Crippen LogP contribution in [0.3, 0.4) is 0 Å². The highest BCUT2D eigenvalue weighted by Gasteiger charge is 2.25. The molecule has 3 rings (SSSR count). The number of hydrogen-bond donors (Lipinski definition) is 2. The Morgan fingerprint density at radius 3 is 2.49 bits per heavy atom. The third-order valence-electron chi connectivity index (χ3n) is 5.22. The largest absolute Gasteiger partial charge is 0.454 e. The number of nitrogens with two attached hydrogens (primary N) is 1. The maximum Gasteiger partial charge on any atom is 0.240 e. The van der Waals surface area contributed by atoms with Crippen molar-refractivity contribution in [3.8, 4) is 17.6 Å². The van der Waals surface area contributed by atoms with Gasteiger partial charge in [-0.2, -0.15) is 5.26 Å². The topological polar surface area (TPSA) is 139 Å². The summed E-state index contributed by atoms with van der Waals surface area (Å²) >= 11 is 12.2. The third kappa shape index (κ3) is 6.45. The molecule has 0 radical (unpaired) electrons. The lowest BCUT2D eigenvalue weighted by atomic mass is 10.1. The Balaban J connectivity index is 1.90. The van der Waals surface area contributed by atoms with Crippen LogP contribution in [0, 0.1) is 24.1 Å². The van der Waals surface area contributed by atoms with E-state index in [0.29, 0.717) is 5.56 Å². The van der Waals surface area contributed by atoms with Crippen molar-refractivity contribution in [2.24, 2.45) is 5.14 Å². The fourth-order valence-corrected chi connectivity index (χ4v) is 5.08. The smallest absolute Gasteiger partial charge is 0.240 e. The molecule has 0 aliphatic heterocycles. The van der Waals surface area contributed by atoms with Gasteiger partial charge in [0, 0.05) is 22.6 Å². The summed E-state index contributed by atoms with van der Waals surface area (Å²) in [6, 6.07) is 11.6. The van der Waals surface area contributed by atoms with Gasteiger partial charge in [0.1, 0.15) is 10.6 Å². The summed E-state index contributed by atoms with van der Waals surface area (Å²) in [7, 11) is -4.40. The molecule has 0 heterocycles. The van der Waals surface area contributed by atoms with Crippen LogP contribution in [0.1, 0.15) is 40.4 Å². The standard InChI is InChI=1S/C25H20Cl2FN3O5S/c1-3-20(32)18-6-7-19(22(27)25(18)37(30,34)35)31-21(33)10-15-5-4-13(2)24(23(15)28)36-17-9-14(12-29)8-16(26)11-17/h4-9,11H,3,10H2,1-2H3,(H,31,33)(H2,30,34,35). The van der Waals surface area contributed by atoms with Gasteiger partial charge in [0.15, 0.2) is 17.3 Å². The van der Waals surface area contributed by atoms with Crippen LogP contribution in [0.2, 0.25) is 10.0 Å². The molecule has 0 saturated carbocycles. The van der Waals surface area contributed by atoms with Crippen molar-refractivity contribution in [3.05, 3.63) is 80.6 Å². The molecule has 1 amide bonds. The van der Waals surface area contributed by atoms with Crippen LogP contribution < -0.4 is 15.2 Å². The Kier molecular flexibility index (Phi) is 8.56. The van der Waals surface area contributed by atoms with Gasteiger partial charge in [-0.3, -0.25) is 9.59 Å². The molecule has 0 aliphatic rings. The number of Topliss-reactive ketones (excluding diaryl/α,β-unsaturated/α-hetero) is 1. The summed E-state index contributed by atoms with van der Waals surface area (Å²) < 4.78 is 45.1. The highest BCUT2D eigenvalue weighted by Crippen LogP contribution is 2.34. The number of anilines is 1. The number of nitrogens with one attached hydrogen (secondary N) is 1. The summed E-state index contributed by atoms with van der Waals surface area (Å²) in [4.78, 5) is 24.3. The minimum atomic E-state index is -4.40. The molecule has 3 aromatic carbocycles. The van der Waals surface area contributed by atoms with Crippen LogP contribution in [0.4, 0.5) is 10.1 Å². The number of rotatable bonds is 8. The number of nitrogens with zero attached hydrogens (tertiary/aromatic N) is 1. The fourth-order valence-electron chi connectivity index (χ4n) is 3.47. The molecule has 37 heavy (non-hydrogen) atoms. The van der Waals surface area contributed by atoms with E-state index < -0.39 is 43.9 Å². The first-order valence-corrected chi connectivity index (χ1v) is 13.0. The number of sulfonamides is 1. The maximum atomic E-state index is 15.3. The van der Waals surface area contributed by atoms with Crippen molar-refractivity contribution in [2.75, 3.05) is 5.32 Å². The number of carbonyl (C=O) groups excluding carboxylic acids is 2. The van der Waals surface area contributed by atoms with E-state index in [2.05, 4.69) is 5.32 Å². The van der Waals surface area contributed by atoms with Crippen molar-refractivity contribution >= 4 is 50.6 Å². The van der Waals surface area contributed by atoms with Crippen LogP contribution in [0.5, 0.6) is 11.5 Å². The average Bonchev–Trinajstić information content (AvgIpc) is 2.83. The molecule has 8 nitrogen and oxygen atoms in total. The van der Waals surface area contributed by atoms with Gasteiger partial charge in [-0.05, 0) is 42.8 Å². The van der Waals surface area contributed by atoms with Gasteiger partial charge in [0.05, 0.1) is 28.8 Å². The number of carbonyl (C=O) groups is 2.